The highest BCUT2D eigenvalue weighted by Gasteiger charge is 2.32. The van der Waals surface area contributed by atoms with Crippen LogP contribution in [0.15, 0.2) is 47.6 Å². The minimum atomic E-state index is -3.51. The molecule has 130 valence electrons. The van der Waals surface area contributed by atoms with Gasteiger partial charge in [0, 0.05) is 44.6 Å². The Morgan fingerprint density at radius 1 is 1.29 bits per heavy atom. The second-order valence-corrected chi connectivity index (χ2v) is 8.13. The summed E-state index contributed by atoms with van der Waals surface area (Å²) in [6.07, 6.45) is 4.89. The Balaban J connectivity index is 1.77. The number of aromatic nitrogens is 2. The molecular weight excluding hydrogens is 324 g/mol. The van der Waals surface area contributed by atoms with Gasteiger partial charge in [0.2, 0.25) is 10.0 Å². The summed E-state index contributed by atoms with van der Waals surface area (Å²) in [4.78, 5) is 2.53. The minimum Gasteiger partial charge on any atom is -0.370 e. The van der Waals surface area contributed by atoms with Crippen LogP contribution in [0.2, 0.25) is 0 Å². The van der Waals surface area contributed by atoms with Crippen molar-refractivity contribution >= 4 is 15.7 Å². The molecule has 0 N–H and O–H groups in total. The number of hydrogen-bond acceptors (Lipinski definition) is 4. The average molecular weight is 348 g/mol. The zero-order valence-corrected chi connectivity index (χ0v) is 15.0. The fourth-order valence-electron chi connectivity index (χ4n) is 3.14. The number of piperidine rings is 1. The number of nitrogens with zero attached hydrogens (tertiary/aromatic N) is 4. The van der Waals surface area contributed by atoms with Gasteiger partial charge in [-0.3, -0.25) is 4.68 Å². The maximum Gasteiger partial charge on any atom is 0.246 e. The molecule has 3 rings (SSSR count). The quantitative estimate of drug-likeness (QED) is 0.831. The van der Waals surface area contributed by atoms with Crippen LogP contribution in [0.1, 0.15) is 19.8 Å². The minimum absolute atomic E-state index is 0.0334. The van der Waals surface area contributed by atoms with E-state index in [1.54, 1.807) is 17.9 Å². The normalized spacial score (nSPS) is 19.0. The molecule has 0 bridgehead atoms. The van der Waals surface area contributed by atoms with Crippen LogP contribution in [-0.4, -0.2) is 48.7 Å². The molecule has 1 fully saturated rings. The average Bonchev–Trinajstić information content (AvgIpc) is 3.12. The lowest BCUT2D eigenvalue weighted by Gasteiger charge is -2.38. The van der Waals surface area contributed by atoms with Crippen LogP contribution in [-0.2, 0) is 16.6 Å². The highest BCUT2D eigenvalue weighted by atomic mass is 32.2. The number of aryl methyl sites for hydroxylation is 1. The van der Waals surface area contributed by atoms with E-state index in [1.807, 2.05) is 25.1 Å². The lowest BCUT2D eigenvalue weighted by Crippen LogP contribution is -2.48. The monoisotopic (exact) mass is 348 g/mol. The number of likely N-dealkylation sites (N-methyl/N-ethyl adjacent to an activating group) is 1. The van der Waals surface area contributed by atoms with Crippen LogP contribution < -0.4 is 4.90 Å². The molecule has 1 aliphatic heterocycles. The fraction of sp³-hybridized carbons (Fsp3) is 0.471. The molecule has 7 heteroatoms. The molecule has 0 aliphatic carbocycles. The lowest BCUT2D eigenvalue weighted by atomic mass is 10.1. The van der Waals surface area contributed by atoms with E-state index in [-0.39, 0.29) is 10.9 Å². The molecule has 1 saturated heterocycles. The Morgan fingerprint density at radius 3 is 2.71 bits per heavy atom. The molecule has 1 aromatic heterocycles. The first-order chi connectivity index (χ1) is 11.5. The smallest absolute Gasteiger partial charge is 0.246 e. The van der Waals surface area contributed by atoms with Gasteiger partial charge in [-0.1, -0.05) is 18.2 Å². The third-order valence-corrected chi connectivity index (χ3v) is 6.51. The van der Waals surface area contributed by atoms with Crippen LogP contribution in [0.5, 0.6) is 0 Å². The van der Waals surface area contributed by atoms with Gasteiger partial charge >= 0.3 is 0 Å². The Morgan fingerprint density at radius 2 is 2.04 bits per heavy atom. The first-order valence-corrected chi connectivity index (χ1v) is 9.77. The number of hydrogen-bond donors (Lipinski definition) is 0. The van der Waals surface area contributed by atoms with Gasteiger partial charge in [0.15, 0.2) is 0 Å². The predicted molar refractivity (Wildman–Crippen MR) is 94.5 cm³/mol. The van der Waals surface area contributed by atoms with Crippen molar-refractivity contribution in [2.75, 3.05) is 25.0 Å². The molecule has 1 aromatic carbocycles. The maximum atomic E-state index is 12.9. The van der Waals surface area contributed by atoms with Crippen molar-refractivity contribution in [3.63, 3.8) is 0 Å². The van der Waals surface area contributed by atoms with Crippen molar-refractivity contribution in [2.24, 2.45) is 0 Å². The topological polar surface area (TPSA) is 58.4 Å². The molecule has 24 heavy (non-hydrogen) atoms. The summed E-state index contributed by atoms with van der Waals surface area (Å²) in [5, 5.41) is 4.09. The van der Waals surface area contributed by atoms with Crippen molar-refractivity contribution in [2.45, 2.75) is 37.2 Å². The van der Waals surface area contributed by atoms with Gasteiger partial charge in [0.05, 0.1) is 6.20 Å². The number of anilines is 1. The third kappa shape index (κ3) is 3.32. The molecule has 0 amide bonds. The molecule has 1 atom stereocenters. The van der Waals surface area contributed by atoms with E-state index >= 15 is 0 Å². The number of benzene rings is 1. The summed E-state index contributed by atoms with van der Waals surface area (Å²) in [5.41, 5.74) is 1.15. The van der Waals surface area contributed by atoms with E-state index in [4.69, 9.17) is 0 Å². The first kappa shape index (κ1) is 17.0. The van der Waals surface area contributed by atoms with Crippen LogP contribution in [0.25, 0.3) is 0 Å². The van der Waals surface area contributed by atoms with Gasteiger partial charge < -0.3 is 4.90 Å². The van der Waals surface area contributed by atoms with E-state index in [9.17, 15) is 8.42 Å². The van der Waals surface area contributed by atoms with Crippen LogP contribution in [0, 0.1) is 0 Å². The van der Waals surface area contributed by atoms with E-state index in [0.717, 1.165) is 25.1 Å². The zero-order chi connectivity index (χ0) is 17.2. The lowest BCUT2D eigenvalue weighted by molar-refractivity contribution is 0.320. The molecular formula is C17H24N4O2S. The summed E-state index contributed by atoms with van der Waals surface area (Å²) in [5.74, 6) is 0. The highest BCUT2D eigenvalue weighted by Crippen LogP contribution is 2.25. The van der Waals surface area contributed by atoms with Crippen molar-refractivity contribution in [1.29, 1.82) is 0 Å². The second-order valence-electron chi connectivity index (χ2n) is 6.13. The van der Waals surface area contributed by atoms with Crippen LogP contribution in [0.4, 0.5) is 5.69 Å². The number of rotatable bonds is 5. The molecule has 1 aliphatic rings. The fourth-order valence-corrected chi connectivity index (χ4v) is 4.47. The standard InChI is InChI=1S/C17H24N4O2S/c1-3-21-14-17(12-18-21)24(22,23)19(2)16-10-7-11-20(13-16)15-8-5-4-6-9-15/h4-6,8-9,12,14,16H,3,7,10-11,13H2,1-2H3/t16-/m0/s1. The molecule has 0 spiro atoms. The van der Waals surface area contributed by atoms with Gasteiger partial charge in [0.1, 0.15) is 4.90 Å². The van der Waals surface area contributed by atoms with E-state index in [1.165, 1.54) is 10.5 Å². The van der Waals surface area contributed by atoms with Crippen LogP contribution >= 0.6 is 0 Å². The maximum absolute atomic E-state index is 12.9. The zero-order valence-electron chi connectivity index (χ0n) is 14.2. The SMILES string of the molecule is CCn1cc(S(=O)(=O)N(C)[C@H]2CCCN(c3ccccc3)C2)cn1. The molecule has 0 unspecified atom stereocenters. The number of sulfonamides is 1. The summed E-state index contributed by atoms with van der Waals surface area (Å²) in [7, 11) is -1.83. The van der Waals surface area contributed by atoms with Crippen molar-refractivity contribution in [1.82, 2.24) is 14.1 Å². The van der Waals surface area contributed by atoms with E-state index < -0.39 is 10.0 Å². The van der Waals surface area contributed by atoms with E-state index in [2.05, 4.69) is 22.1 Å². The Labute approximate surface area is 143 Å². The number of para-hydroxylation sites is 1. The van der Waals surface area contributed by atoms with Crippen LogP contribution in [0.3, 0.4) is 0 Å². The summed E-state index contributed by atoms with van der Waals surface area (Å²) < 4.78 is 28.9. The summed E-state index contributed by atoms with van der Waals surface area (Å²) in [6.45, 7) is 4.26. The first-order valence-electron chi connectivity index (χ1n) is 8.33. The van der Waals surface area contributed by atoms with Crippen molar-refractivity contribution < 1.29 is 8.42 Å². The molecule has 0 radical (unpaired) electrons. The predicted octanol–water partition coefficient (Wildman–Crippen LogP) is 2.19. The van der Waals surface area contributed by atoms with Gasteiger partial charge in [0.25, 0.3) is 0 Å². The molecule has 6 nitrogen and oxygen atoms in total. The molecule has 2 heterocycles. The molecule has 0 saturated carbocycles. The van der Waals surface area contributed by atoms with Gasteiger partial charge in [-0.15, -0.1) is 0 Å². The summed E-state index contributed by atoms with van der Waals surface area (Å²) in [6, 6.07) is 10.1. The Kier molecular flexibility index (Phi) is 4.91. The summed E-state index contributed by atoms with van der Waals surface area (Å²) >= 11 is 0. The Hall–Kier alpha value is -1.86. The molecule has 2 aromatic rings. The van der Waals surface area contributed by atoms with E-state index in [0.29, 0.717) is 13.1 Å². The largest absolute Gasteiger partial charge is 0.370 e. The second kappa shape index (κ2) is 6.94. The van der Waals surface area contributed by atoms with Gasteiger partial charge in [-0.25, -0.2) is 8.42 Å². The van der Waals surface area contributed by atoms with Gasteiger partial charge in [-0.05, 0) is 31.9 Å². The Bertz CT molecular complexity index is 773. The third-order valence-electron chi connectivity index (χ3n) is 4.64. The van der Waals surface area contributed by atoms with Crippen molar-refractivity contribution in [3.05, 3.63) is 42.7 Å². The highest BCUT2D eigenvalue weighted by molar-refractivity contribution is 7.89. The van der Waals surface area contributed by atoms with Crippen molar-refractivity contribution in [3.8, 4) is 0 Å². The van der Waals surface area contributed by atoms with Gasteiger partial charge in [-0.2, -0.15) is 9.40 Å².